The summed E-state index contributed by atoms with van der Waals surface area (Å²) in [5.74, 6) is -0.537. The molecule has 160 valence electrons. The Morgan fingerprint density at radius 1 is 1.19 bits per heavy atom. The van der Waals surface area contributed by atoms with E-state index in [1.165, 1.54) is 24.0 Å². The van der Waals surface area contributed by atoms with E-state index in [0.717, 1.165) is 17.5 Å². The number of Topliss-reactive ketones (excluding diaryl/α,β-unsaturated/α-hetero) is 1. The zero-order valence-electron chi connectivity index (χ0n) is 17.2. The highest BCUT2D eigenvalue weighted by molar-refractivity contribution is 6.12. The summed E-state index contributed by atoms with van der Waals surface area (Å²) in [7, 11) is 0. The Morgan fingerprint density at radius 2 is 1.97 bits per heavy atom. The Morgan fingerprint density at radius 3 is 2.71 bits per heavy atom. The van der Waals surface area contributed by atoms with Gasteiger partial charge in [0.1, 0.15) is 11.9 Å². The summed E-state index contributed by atoms with van der Waals surface area (Å²) in [5, 5.41) is 2.66. The third-order valence-electron chi connectivity index (χ3n) is 5.49. The smallest absolute Gasteiger partial charge is 0.414 e. The number of amides is 2. The van der Waals surface area contributed by atoms with Crippen molar-refractivity contribution in [1.82, 2.24) is 5.32 Å². The fraction of sp³-hybridized carbons (Fsp3) is 0.292. The van der Waals surface area contributed by atoms with Crippen molar-refractivity contribution in [1.29, 1.82) is 0 Å². The number of ether oxygens (including phenoxy) is 1. The number of hydrogen-bond acceptors (Lipinski definition) is 4. The van der Waals surface area contributed by atoms with E-state index >= 15 is 0 Å². The quantitative estimate of drug-likeness (QED) is 0.599. The monoisotopic (exact) mass is 422 g/mol. The molecule has 6 nitrogen and oxygen atoms in total. The number of allylic oxidation sites excluding steroid dienone is 1. The minimum Gasteiger partial charge on any atom is -0.442 e. The molecule has 0 aromatic heterocycles. The lowest BCUT2D eigenvalue weighted by Crippen LogP contribution is -2.33. The Labute approximate surface area is 179 Å². The van der Waals surface area contributed by atoms with Crippen molar-refractivity contribution in [2.24, 2.45) is 0 Å². The van der Waals surface area contributed by atoms with E-state index in [4.69, 9.17) is 4.74 Å². The van der Waals surface area contributed by atoms with Crippen LogP contribution < -0.4 is 10.2 Å². The Kier molecular flexibility index (Phi) is 5.84. The molecule has 31 heavy (non-hydrogen) atoms. The van der Waals surface area contributed by atoms with E-state index in [9.17, 15) is 18.8 Å². The molecule has 1 heterocycles. The van der Waals surface area contributed by atoms with Crippen molar-refractivity contribution >= 4 is 29.5 Å². The van der Waals surface area contributed by atoms with Gasteiger partial charge in [0.05, 0.1) is 13.1 Å². The first-order chi connectivity index (χ1) is 14.9. The first kappa shape index (κ1) is 20.8. The minimum atomic E-state index is -0.466. The van der Waals surface area contributed by atoms with Gasteiger partial charge in [-0.15, -0.1) is 0 Å². The molecule has 2 amide bonds. The summed E-state index contributed by atoms with van der Waals surface area (Å²) >= 11 is 0. The maximum Gasteiger partial charge on any atom is 0.414 e. The maximum absolute atomic E-state index is 13.2. The molecule has 0 bridgehead atoms. The van der Waals surface area contributed by atoms with Gasteiger partial charge in [-0.3, -0.25) is 14.5 Å². The molecule has 0 unspecified atom stereocenters. The minimum absolute atomic E-state index is 0.0455. The van der Waals surface area contributed by atoms with Gasteiger partial charge in [-0.2, -0.15) is 0 Å². The number of hydrogen-bond donors (Lipinski definition) is 1. The topological polar surface area (TPSA) is 75.7 Å². The number of aryl methyl sites for hydroxylation is 1. The second-order valence-electron chi connectivity index (χ2n) is 7.80. The highest BCUT2D eigenvalue weighted by Gasteiger charge is 2.33. The number of anilines is 1. The van der Waals surface area contributed by atoms with Gasteiger partial charge in [0.25, 0.3) is 0 Å². The third-order valence-corrected chi connectivity index (χ3v) is 5.49. The molecule has 1 aliphatic carbocycles. The molecule has 2 aliphatic rings. The maximum atomic E-state index is 13.2. The van der Waals surface area contributed by atoms with Crippen LogP contribution in [0.5, 0.6) is 0 Å². The van der Waals surface area contributed by atoms with Crippen molar-refractivity contribution in [3.63, 3.8) is 0 Å². The standard InChI is InChI=1S/C24H23FN2O4/c1-15(28)26-13-21-14-27(24(30)31-21)20-9-10-22-17(12-20)3-2-4-18(23(22)29)11-16-5-7-19(25)8-6-16/h5-12,21H,2-4,13-14H2,1H3,(H,26,28)/b18-11-/t21-/m0/s1. The van der Waals surface area contributed by atoms with Gasteiger partial charge < -0.3 is 10.1 Å². The first-order valence-electron chi connectivity index (χ1n) is 10.3. The lowest BCUT2D eigenvalue weighted by molar-refractivity contribution is -0.119. The lowest BCUT2D eigenvalue weighted by atomic mass is 9.97. The number of carbonyl (C=O) groups excluding carboxylic acids is 3. The van der Waals surface area contributed by atoms with Crippen LogP contribution in [0.1, 0.15) is 41.3 Å². The van der Waals surface area contributed by atoms with Crippen molar-refractivity contribution in [2.75, 3.05) is 18.0 Å². The molecule has 1 aliphatic heterocycles. The second kappa shape index (κ2) is 8.71. The summed E-state index contributed by atoms with van der Waals surface area (Å²) in [6.45, 7) is 2.01. The fourth-order valence-corrected chi connectivity index (χ4v) is 3.93. The predicted octanol–water partition coefficient (Wildman–Crippen LogP) is 3.89. The number of ketones is 1. The van der Waals surface area contributed by atoms with E-state index in [2.05, 4.69) is 5.32 Å². The summed E-state index contributed by atoms with van der Waals surface area (Å²) in [6.07, 6.45) is 3.08. The molecule has 0 radical (unpaired) electrons. The number of carbonyl (C=O) groups is 3. The highest BCUT2D eigenvalue weighted by Crippen LogP contribution is 2.30. The van der Waals surface area contributed by atoms with Crippen LogP contribution in [0.3, 0.4) is 0 Å². The molecule has 2 aromatic carbocycles. The van der Waals surface area contributed by atoms with Crippen LogP contribution >= 0.6 is 0 Å². The normalized spacial score (nSPS) is 19.7. The van der Waals surface area contributed by atoms with Crippen LogP contribution in [0.25, 0.3) is 6.08 Å². The number of rotatable bonds is 4. The molecule has 1 N–H and O–H groups in total. The van der Waals surface area contributed by atoms with Crippen molar-refractivity contribution in [3.8, 4) is 0 Å². The SMILES string of the molecule is CC(=O)NC[C@H]1CN(c2ccc3c(c2)CCC/C(=C/c2ccc(F)cc2)C3=O)C(=O)O1. The number of benzene rings is 2. The van der Waals surface area contributed by atoms with Gasteiger partial charge in [0.15, 0.2) is 5.78 Å². The van der Waals surface area contributed by atoms with Crippen LogP contribution in [-0.4, -0.2) is 37.0 Å². The fourth-order valence-electron chi connectivity index (χ4n) is 3.93. The number of nitrogens with zero attached hydrogens (tertiary/aromatic N) is 1. The molecular weight excluding hydrogens is 399 g/mol. The predicted molar refractivity (Wildman–Crippen MR) is 114 cm³/mol. The second-order valence-corrected chi connectivity index (χ2v) is 7.80. The van der Waals surface area contributed by atoms with Crippen LogP contribution in [-0.2, 0) is 16.0 Å². The highest BCUT2D eigenvalue weighted by atomic mass is 19.1. The molecule has 1 saturated heterocycles. The molecule has 1 fully saturated rings. The van der Waals surface area contributed by atoms with Gasteiger partial charge in [0, 0.05) is 23.7 Å². The summed E-state index contributed by atoms with van der Waals surface area (Å²) < 4.78 is 18.5. The van der Waals surface area contributed by atoms with E-state index in [0.29, 0.717) is 36.2 Å². The molecule has 4 rings (SSSR count). The van der Waals surface area contributed by atoms with Gasteiger partial charge in [-0.1, -0.05) is 12.1 Å². The average molecular weight is 422 g/mol. The molecular formula is C24H23FN2O4. The largest absolute Gasteiger partial charge is 0.442 e. The van der Waals surface area contributed by atoms with E-state index < -0.39 is 12.2 Å². The Bertz CT molecular complexity index is 1060. The van der Waals surface area contributed by atoms with Crippen LogP contribution in [0.15, 0.2) is 48.0 Å². The third kappa shape index (κ3) is 4.66. The van der Waals surface area contributed by atoms with E-state index in [1.54, 1.807) is 24.3 Å². The van der Waals surface area contributed by atoms with Gasteiger partial charge in [-0.25, -0.2) is 9.18 Å². The molecule has 0 spiro atoms. The number of cyclic esters (lactones) is 1. The van der Waals surface area contributed by atoms with Crippen molar-refractivity contribution < 1.29 is 23.5 Å². The zero-order valence-corrected chi connectivity index (χ0v) is 17.2. The average Bonchev–Trinajstić information content (AvgIpc) is 3.05. The molecule has 0 saturated carbocycles. The molecule has 7 heteroatoms. The molecule has 2 aromatic rings. The van der Waals surface area contributed by atoms with Gasteiger partial charge in [0.2, 0.25) is 5.91 Å². The zero-order chi connectivity index (χ0) is 22.0. The van der Waals surface area contributed by atoms with Crippen LogP contribution in [0.2, 0.25) is 0 Å². The van der Waals surface area contributed by atoms with Crippen LogP contribution in [0, 0.1) is 5.82 Å². The Hall–Kier alpha value is -3.48. The van der Waals surface area contributed by atoms with E-state index in [1.807, 2.05) is 12.1 Å². The van der Waals surface area contributed by atoms with Crippen molar-refractivity contribution in [3.05, 3.63) is 70.5 Å². The summed E-state index contributed by atoms with van der Waals surface area (Å²) in [6, 6.07) is 11.4. The first-order valence-corrected chi connectivity index (χ1v) is 10.3. The van der Waals surface area contributed by atoms with Crippen LogP contribution in [0.4, 0.5) is 14.9 Å². The number of halogens is 1. The lowest BCUT2D eigenvalue weighted by Gasteiger charge is -2.16. The summed E-state index contributed by atoms with van der Waals surface area (Å²) in [5.41, 5.74) is 3.66. The number of nitrogens with one attached hydrogen (secondary N) is 1. The van der Waals surface area contributed by atoms with Gasteiger partial charge >= 0.3 is 6.09 Å². The number of fused-ring (bicyclic) bond motifs is 1. The van der Waals surface area contributed by atoms with Crippen molar-refractivity contribution in [2.45, 2.75) is 32.3 Å². The van der Waals surface area contributed by atoms with Gasteiger partial charge in [-0.05, 0) is 66.8 Å². The summed E-state index contributed by atoms with van der Waals surface area (Å²) in [4.78, 5) is 38.0. The Balaban J connectivity index is 1.55. The molecule has 1 atom stereocenters. The van der Waals surface area contributed by atoms with E-state index in [-0.39, 0.29) is 24.1 Å².